The van der Waals surface area contributed by atoms with Crippen molar-refractivity contribution in [3.63, 3.8) is 0 Å². The van der Waals surface area contributed by atoms with Gasteiger partial charge >= 0.3 is 0 Å². The standard InChI is InChI=1S/C11H25N3O2/c1-10(2)5-8-16-9-7-14(3)6-4-11(12)13-15/h10,15H,4-9H2,1-3H3,(H2,12,13). The van der Waals surface area contributed by atoms with Crippen LogP contribution in [0.5, 0.6) is 0 Å². The van der Waals surface area contributed by atoms with Gasteiger partial charge in [0.1, 0.15) is 5.84 Å². The first kappa shape index (κ1) is 15.2. The summed E-state index contributed by atoms with van der Waals surface area (Å²) in [4.78, 5) is 2.10. The summed E-state index contributed by atoms with van der Waals surface area (Å²) in [7, 11) is 2.00. The number of rotatable bonds is 9. The maximum Gasteiger partial charge on any atom is 0.140 e. The van der Waals surface area contributed by atoms with Crippen LogP contribution >= 0.6 is 0 Å². The molecule has 0 fully saturated rings. The average molecular weight is 231 g/mol. The molecule has 0 aliphatic heterocycles. The third-order valence-electron chi connectivity index (χ3n) is 2.33. The first-order chi connectivity index (χ1) is 7.56. The predicted molar refractivity (Wildman–Crippen MR) is 65.8 cm³/mol. The molecule has 0 aliphatic rings. The van der Waals surface area contributed by atoms with Gasteiger partial charge in [-0.2, -0.15) is 0 Å². The lowest BCUT2D eigenvalue weighted by molar-refractivity contribution is 0.104. The SMILES string of the molecule is CC(C)CCOCCN(C)CC/C(N)=N/O. The molecule has 5 nitrogen and oxygen atoms in total. The molecule has 0 aromatic heterocycles. The van der Waals surface area contributed by atoms with Gasteiger partial charge in [0.15, 0.2) is 0 Å². The molecule has 3 N–H and O–H groups in total. The zero-order chi connectivity index (χ0) is 12.4. The highest BCUT2D eigenvalue weighted by atomic mass is 16.5. The molecule has 0 atom stereocenters. The molecule has 0 aromatic carbocycles. The fourth-order valence-electron chi connectivity index (χ4n) is 1.11. The molecular formula is C11H25N3O2. The van der Waals surface area contributed by atoms with Crippen molar-refractivity contribution in [1.82, 2.24) is 4.90 Å². The van der Waals surface area contributed by atoms with Crippen molar-refractivity contribution >= 4 is 5.84 Å². The van der Waals surface area contributed by atoms with E-state index in [9.17, 15) is 0 Å². The van der Waals surface area contributed by atoms with Crippen molar-refractivity contribution in [2.75, 3.05) is 33.4 Å². The molecule has 0 radical (unpaired) electrons. The molecule has 0 bridgehead atoms. The Balaban J connectivity index is 3.33. The molecule has 0 spiro atoms. The lowest BCUT2D eigenvalue weighted by Gasteiger charge is -2.16. The summed E-state index contributed by atoms with van der Waals surface area (Å²) >= 11 is 0. The maximum absolute atomic E-state index is 8.37. The lowest BCUT2D eigenvalue weighted by Crippen LogP contribution is -2.28. The third-order valence-corrected chi connectivity index (χ3v) is 2.33. The van der Waals surface area contributed by atoms with E-state index >= 15 is 0 Å². The van der Waals surface area contributed by atoms with Gasteiger partial charge in [-0.3, -0.25) is 0 Å². The van der Waals surface area contributed by atoms with Gasteiger partial charge in [0, 0.05) is 26.1 Å². The van der Waals surface area contributed by atoms with E-state index in [-0.39, 0.29) is 5.84 Å². The number of likely N-dealkylation sites (N-methyl/N-ethyl adjacent to an activating group) is 1. The van der Waals surface area contributed by atoms with Crippen LogP contribution in [0.2, 0.25) is 0 Å². The van der Waals surface area contributed by atoms with E-state index in [2.05, 4.69) is 23.9 Å². The molecule has 0 saturated carbocycles. The molecule has 5 heteroatoms. The zero-order valence-corrected chi connectivity index (χ0v) is 10.6. The molecule has 0 rings (SSSR count). The minimum absolute atomic E-state index is 0.271. The molecule has 96 valence electrons. The highest BCUT2D eigenvalue weighted by Crippen LogP contribution is 1.98. The van der Waals surface area contributed by atoms with Crippen molar-refractivity contribution in [1.29, 1.82) is 0 Å². The maximum atomic E-state index is 8.37. The van der Waals surface area contributed by atoms with Crippen LogP contribution in [0, 0.1) is 5.92 Å². The van der Waals surface area contributed by atoms with E-state index < -0.39 is 0 Å². The third kappa shape index (κ3) is 9.73. The van der Waals surface area contributed by atoms with Gasteiger partial charge in [-0.25, -0.2) is 0 Å². The minimum atomic E-state index is 0.271. The molecule has 0 aliphatic carbocycles. The molecule has 0 saturated heterocycles. The van der Waals surface area contributed by atoms with Crippen molar-refractivity contribution in [2.45, 2.75) is 26.7 Å². The molecule has 16 heavy (non-hydrogen) atoms. The molecule has 0 amide bonds. The molecule has 0 aromatic rings. The Kier molecular flexibility index (Phi) is 8.94. The normalized spacial score (nSPS) is 12.7. The summed E-state index contributed by atoms with van der Waals surface area (Å²) in [6.07, 6.45) is 1.69. The number of hydrogen-bond donors (Lipinski definition) is 2. The van der Waals surface area contributed by atoms with Gasteiger partial charge in [0.25, 0.3) is 0 Å². The number of ether oxygens (including phenoxy) is 1. The highest BCUT2D eigenvalue weighted by Gasteiger charge is 2.00. The van der Waals surface area contributed by atoms with Gasteiger partial charge in [-0.1, -0.05) is 19.0 Å². The summed E-state index contributed by atoms with van der Waals surface area (Å²) in [6, 6.07) is 0. The predicted octanol–water partition coefficient (Wildman–Crippen LogP) is 1.12. The smallest absolute Gasteiger partial charge is 0.140 e. The molecule has 0 heterocycles. The van der Waals surface area contributed by atoms with Gasteiger partial charge in [0.05, 0.1) is 6.61 Å². The quantitative estimate of drug-likeness (QED) is 0.205. The average Bonchev–Trinajstić information content (AvgIpc) is 2.24. The Morgan fingerprint density at radius 3 is 2.62 bits per heavy atom. The Morgan fingerprint density at radius 2 is 2.06 bits per heavy atom. The van der Waals surface area contributed by atoms with E-state index in [0.29, 0.717) is 12.3 Å². The number of oxime groups is 1. The van der Waals surface area contributed by atoms with Crippen LogP contribution in [0.25, 0.3) is 0 Å². The monoisotopic (exact) mass is 231 g/mol. The van der Waals surface area contributed by atoms with Gasteiger partial charge in [-0.05, 0) is 19.4 Å². The second-order valence-corrected chi connectivity index (χ2v) is 4.44. The number of nitrogens with two attached hydrogens (primary N) is 1. The summed E-state index contributed by atoms with van der Waals surface area (Å²) < 4.78 is 5.50. The Bertz CT molecular complexity index is 196. The van der Waals surface area contributed by atoms with Crippen LogP contribution in [-0.4, -0.2) is 49.3 Å². The number of hydrogen-bond acceptors (Lipinski definition) is 4. The first-order valence-electron chi connectivity index (χ1n) is 5.79. The Hall–Kier alpha value is -0.810. The van der Waals surface area contributed by atoms with Crippen LogP contribution in [0.1, 0.15) is 26.7 Å². The van der Waals surface area contributed by atoms with E-state index in [1.54, 1.807) is 0 Å². The van der Waals surface area contributed by atoms with Crippen LogP contribution in [0.4, 0.5) is 0 Å². The fraction of sp³-hybridized carbons (Fsp3) is 0.909. The molecule has 0 unspecified atom stereocenters. The minimum Gasteiger partial charge on any atom is -0.409 e. The first-order valence-corrected chi connectivity index (χ1v) is 5.79. The van der Waals surface area contributed by atoms with Crippen LogP contribution in [-0.2, 0) is 4.74 Å². The molecular weight excluding hydrogens is 206 g/mol. The van der Waals surface area contributed by atoms with Crippen molar-refractivity contribution in [2.24, 2.45) is 16.8 Å². The van der Waals surface area contributed by atoms with Crippen molar-refractivity contribution < 1.29 is 9.94 Å². The van der Waals surface area contributed by atoms with Crippen LogP contribution in [0.3, 0.4) is 0 Å². The summed E-state index contributed by atoms with van der Waals surface area (Å²) in [6.45, 7) is 7.59. The second kappa shape index (κ2) is 9.42. The largest absolute Gasteiger partial charge is 0.409 e. The Morgan fingerprint density at radius 1 is 1.38 bits per heavy atom. The van der Waals surface area contributed by atoms with Gasteiger partial charge in [0.2, 0.25) is 0 Å². The van der Waals surface area contributed by atoms with E-state index in [1.165, 1.54) is 0 Å². The number of nitrogens with zero attached hydrogens (tertiary/aromatic N) is 2. The number of amidine groups is 1. The Labute approximate surface area is 98.2 Å². The second-order valence-electron chi connectivity index (χ2n) is 4.44. The van der Waals surface area contributed by atoms with Crippen LogP contribution < -0.4 is 5.73 Å². The summed E-state index contributed by atoms with van der Waals surface area (Å²) in [5.41, 5.74) is 5.37. The summed E-state index contributed by atoms with van der Waals surface area (Å²) in [5.74, 6) is 0.964. The van der Waals surface area contributed by atoms with Gasteiger partial charge in [-0.15, -0.1) is 0 Å². The van der Waals surface area contributed by atoms with E-state index in [0.717, 1.165) is 32.7 Å². The lowest BCUT2D eigenvalue weighted by atomic mass is 10.1. The highest BCUT2D eigenvalue weighted by molar-refractivity contribution is 5.79. The summed E-state index contributed by atoms with van der Waals surface area (Å²) in [5, 5.41) is 11.3. The van der Waals surface area contributed by atoms with Gasteiger partial charge < -0.3 is 20.6 Å². The van der Waals surface area contributed by atoms with E-state index in [1.807, 2.05) is 7.05 Å². The van der Waals surface area contributed by atoms with Crippen molar-refractivity contribution in [3.8, 4) is 0 Å². The zero-order valence-electron chi connectivity index (χ0n) is 10.6. The topological polar surface area (TPSA) is 71.1 Å². The van der Waals surface area contributed by atoms with E-state index in [4.69, 9.17) is 15.7 Å². The van der Waals surface area contributed by atoms with Crippen LogP contribution in [0.15, 0.2) is 5.16 Å². The van der Waals surface area contributed by atoms with Crippen molar-refractivity contribution in [3.05, 3.63) is 0 Å². The fourth-order valence-corrected chi connectivity index (χ4v) is 1.11.